The van der Waals surface area contributed by atoms with Crippen LogP contribution in [0.4, 0.5) is 0 Å². The summed E-state index contributed by atoms with van der Waals surface area (Å²) in [6.07, 6.45) is 1.71. The fourth-order valence-corrected chi connectivity index (χ4v) is 25.1. The molecule has 2 aliphatic carbocycles. The molecule has 214 valence electrons. The first-order chi connectivity index (χ1) is 20.3. The van der Waals surface area contributed by atoms with Crippen LogP contribution in [-0.4, -0.2) is 18.1 Å². The third-order valence-electron chi connectivity index (χ3n) is 9.11. The van der Waals surface area contributed by atoms with Gasteiger partial charge in [0.05, 0.1) is 0 Å². The van der Waals surface area contributed by atoms with E-state index in [9.17, 15) is 9.59 Å². The Labute approximate surface area is 250 Å². The van der Waals surface area contributed by atoms with E-state index in [4.69, 9.17) is 6.64 Å². The number of hydrogen-bond acceptors (Lipinski definition) is 4. The van der Waals surface area contributed by atoms with E-state index >= 15 is 0 Å². The number of rotatable bonds is 8. The van der Waals surface area contributed by atoms with Crippen molar-refractivity contribution >= 4 is 25.9 Å². The van der Waals surface area contributed by atoms with E-state index in [1.165, 1.54) is 22.3 Å². The van der Waals surface area contributed by atoms with E-state index in [2.05, 4.69) is 98.0 Å². The zero-order valence-electron chi connectivity index (χ0n) is 25.0. The van der Waals surface area contributed by atoms with Gasteiger partial charge in [-0.15, -0.1) is 0 Å². The molecule has 6 rings (SSSR count). The summed E-state index contributed by atoms with van der Waals surface area (Å²) in [7, 11) is 0. The Morgan fingerprint density at radius 3 is 1.43 bits per heavy atom. The van der Waals surface area contributed by atoms with Gasteiger partial charge in [0, 0.05) is 0 Å². The zero-order chi connectivity index (χ0) is 29.5. The van der Waals surface area contributed by atoms with Crippen LogP contribution in [0.2, 0.25) is 13.1 Å². The molecular weight excluding hydrogens is 572 g/mol. The Kier molecular flexibility index (Phi) is 7.63. The molecular formula is C36H38O4SiTi. The molecule has 0 saturated carbocycles. The van der Waals surface area contributed by atoms with Gasteiger partial charge in [0.1, 0.15) is 0 Å². The third-order valence-corrected chi connectivity index (χ3v) is 28.9. The van der Waals surface area contributed by atoms with Crippen LogP contribution in [0, 0.1) is 0 Å². The van der Waals surface area contributed by atoms with Crippen molar-refractivity contribution in [1.82, 2.24) is 0 Å². The number of fused-ring (bicyclic) bond motifs is 6. The van der Waals surface area contributed by atoms with Gasteiger partial charge in [-0.2, -0.15) is 0 Å². The summed E-state index contributed by atoms with van der Waals surface area (Å²) in [6, 6.07) is 29.7. The summed E-state index contributed by atoms with van der Waals surface area (Å²) in [5.74, 6) is -0.544. The molecule has 6 heteroatoms. The quantitative estimate of drug-likeness (QED) is 0.171. The Balaban J connectivity index is 1.77. The predicted molar refractivity (Wildman–Crippen MR) is 168 cm³/mol. The summed E-state index contributed by atoms with van der Waals surface area (Å²) < 4.78 is 16.2. The average molecular weight is 611 g/mol. The van der Waals surface area contributed by atoms with Crippen molar-refractivity contribution in [3.05, 3.63) is 107 Å². The number of hydrogen-bond donors (Lipinski definition) is 0. The molecule has 0 aromatic heterocycles. The third kappa shape index (κ3) is 4.28. The zero-order valence-corrected chi connectivity index (χ0v) is 27.5. The molecule has 4 nitrogen and oxygen atoms in total. The van der Waals surface area contributed by atoms with Crippen LogP contribution in [0.3, 0.4) is 0 Å². The second-order valence-corrected chi connectivity index (χ2v) is 27.9. The first-order valence-electron chi connectivity index (χ1n) is 15.2. The molecule has 0 radical (unpaired) electrons. The van der Waals surface area contributed by atoms with Crippen molar-refractivity contribution in [3.63, 3.8) is 0 Å². The molecule has 0 spiro atoms. The average Bonchev–Trinajstić information content (AvgIpc) is 3.55. The van der Waals surface area contributed by atoms with Gasteiger partial charge in [0.25, 0.3) is 0 Å². The number of carbonyl (C=O) groups excluding carboxylic acids is 2. The molecule has 0 bridgehead atoms. The van der Waals surface area contributed by atoms with Crippen LogP contribution in [0.15, 0.2) is 84.9 Å². The van der Waals surface area contributed by atoms with Gasteiger partial charge in [0.15, 0.2) is 0 Å². The Bertz CT molecular complexity index is 1690. The summed E-state index contributed by atoms with van der Waals surface area (Å²) in [5.41, 5.74) is 9.48. The van der Waals surface area contributed by atoms with Gasteiger partial charge in [-0.05, 0) is 0 Å². The van der Waals surface area contributed by atoms with Gasteiger partial charge < -0.3 is 0 Å². The summed E-state index contributed by atoms with van der Waals surface area (Å²) >= 11 is -5.46. The van der Waals surface area contributed by atoms with Crippen molar-refractivity contribution < 1.29 is 31.0 Å². The number of carbonyl (C=O) groups is 2. The molecule has 0 aliphatic heterocycles. The topological polar surface area (TPSA) is 52.6 Å². The summed E-state index contributed by atoms with van der Waals surface area (Å²) in [6.45, 7) is 8.37. The molecule has 42 heavy (non-hydrogen) atoms. The predicted octanol–water partition coefficient (Wildman–Crippen LogP) is 7.24. The first-order valence-corrected chi connectivity index (χ1v) is 22.8. The standard InChI is InChI=1S/2C13H9.2C4H8O2.C2H6Si.Ti/c2*1-3-7-12-10(5-1)9-11-6-2-4-8-13(11)12;2*1-2-3-4(5)6;1-3-2;/h2*1-5,7-8H,9H2;2*2-3H2,1H3,(H,5,6);1-2H3;/q;;;;;+2/p-2. The molecule has 0 fully saturated rings. The van der Waals surface area contributed by atoms with E-state index in [-0.39, 0.29) is 24.8 Å². The van der Waals surface area contributed by atoms with Gasteiger partial charge in [-0.1, -0.05) is 0 Å². The van der Waals surface area contributed by atoms with Crippen LogP contribution in [0.1, 0.15) is 61.8 Å². The minimum atomic E-state index is -5.46. The van der Waals surface area contributed by atoms with Gasteiger partial charge in [0.2, 0.25) is 0 Å². The fourth-order valence-electron chi connectivity index (χ4n) is 7.24. The van der Waals surface area contributed by atoms with Gasteiger partial charge >= 0.3 is 252 Å². The van der Waals surface area contributed by atoms with Gasteiger partial charge in [-0.25, -0.2) is 0 Å². The van der Waals surface area contributed by atoms with Gasteiger partial charge in [-0.3, -0.25) is 0 Å². The summed E-state index contributed by atoms with van der Waals surface area (Å²) in [5, 5.41) is 0. The molecule has 2 aliphatic rings. The molecule has 0 saturated heterocycles. The van der Waals surface area contributed by atoms with Crippen molar-refractivity contribution in [1.29, 1.82) is 0 Å². The Hall–Kier alpha value is -3.25. The van der Waals surface area contributed by atoms with Crippen LogP contribution in [-0.2, 0) is 43.9 Å². The van der Waals surface area contributed by atoms with Crippen molar-refractivity contribution in [2.24, 2.45) is 0 Å². The molecule has 4 aromatic rings. The first kappa shape index (κ1) is 28.9. The monoisotopic (exact) mass is 610 g/mol. The SMILES string of the molecule is CCCC(=O)[O][Ti]([O]C(=O)CCC)([c]1cccc2c1Cc1ccccc1-2)([c]1cccc2c1Cc1ccccc1-2)=[Si](C)C. The minimum absolute atomic E-state index is 0.272. The maximum atomic E-state index is 13.9. The van der Waals surface area contributed by atoms with Crippen LogP contribution < -0.4 is 7.74 Å². The van der Waals surface area contributed by atoms with E-state index < -0.39 is 21.0 Å². The maximum absolute atomic E-state index is 13.9. The van der Waals surface area contributed by atoms with Crippen LogP contribution in [0.25, 0.3) is 22.3 Å². The van der Waals surface area contributed by atoms with E-state index in [0.29, 0.717) is 12.8 Å². The molecule has 0 heterocycles. The Morgan fingerprint density at radius 2 is 1.02 bits per heavy atom. The second-order valence-electron chi connectivity index (χ2n) is 11.9. The van der Waals surface area contributed by atoms with Crippen LogP contribution in [0.5, 0.6) is 0 Å². The fraction of sp³-hybridized carbons (Fsp3) is 0.278. The molecule has 0 amide bonds. The molecule has 4 aromatic carbocycles. The van der Waals surface area contributed by atoms with E-state index in [0.717, 1.165) is 42.8 Å². The molecule has 0 N–H and O–H groups in total. The second kappa shape index (κ2) is 11.1. The number of benzene rings is 4. The molecule has 0 unspecified atom stereocenters. The van der Waals surface area contributed by atoms with Crippen molar-refractivity contribution in [2.45, 2.75) is 65.5 Å². The van der Waals surface area contributed by atoms with Crippen molar-refractivity contribution in [2.75, 3.05) is 0 Å². The van der Waals surface area contributed by atoms with Crippen LogP contribution >= 0.6 is 0 Å². The van der Waals surface area contributed by atoms with E-state index in [1.807, 2.05) is 13.8 Å². The Morgan fingerprint density at radius 1 is 0.619 bits per heavy atom. The van der Waals surface area contributed by atoms with E-state index in [1.54, 1.807) is 0 Å². The van der Waals surface area contributed by atoms with Crippen molar-refractivity contribution in [3.8, 4) is 22.3 Å². The molecule has 0 atom stereocenters. The summed E-state index contributed by atoms with van der Waals surface area (Å²) in [4.78, 5) is 27.9. The normalized spacial score (nSPS) is 13.1.